The van der Waals surface area contributed by atoms with Crippen molar-refractivity contribution < 1.29 is 0 Å². The lowest BCUT2D eigenvalue weighted by atomic mass is 9.84. The van der Waals surface area contributed by atoms with Crippen LogP contribution >= 0.6 is 22.7 Å². The van der Waals surface area contributed by atoms with Gasteiger partial charge in [0, 0.05) is 63.6 Å². The molecule has 0 bridgehead atoms. The Kier molecular flexibility index (Phi) is 10.1. The van der Waals surface area contributed by atoms with Gasteiger partial charge in [0.1, 0.15) is 12.1 Å². The second-order valence-corrected chi connectivity index (χ2v) is 23.3. The molecule has 0 amide bonds. The van der Waals surface area contributed by atoms with Gasteiger partial charge in [-0.15, -0.1) is 22.7 Å². The second-order valence-electron chi connectivity index (χ2n) is 21.2. The second kappa shape index (κ2) is 18.0. The monoisotopic (exact) mass is 1070 g/mol. The number of nitriles is 2. The van der Waals surface area contributed by atoms with Gasteiger partial charge in [-0.25, -0.2) is 0 Å². The normalized spacial score (nSPS) is 11.9. The van der Waals surface area contributed by atoms with Crippen LogP contribution in [-0.4, -0.2) is 9.13 Å². The summed E-state index contributed by atoms with van der Waals surface area (Å²) < 4.78 is 9.48. The highest BCUT2D eigenvalue weighted by Crippen LogP contribution is 2.54. The fourth-order valence-corrected chi connectivity index (χ4v) is 15.9. The first-order valence-electron chi connectivity index (χ1n) is 27.5. The maximum atomic E-state index is 12.7. The predicted molar refractivity (Wildman–Crippen MR) is 347 cm³/mol. The van der Waals surface area contributed by atoms with Gasteiger partial charge < -0.3 is 9.13 Å². The summed E-state index contributed by atoms with van der Waals surface area (Å²) in [4.78, 5) is 0. The van der Waals surface area contributed by atoms with Crippen LogP contribution in [0.1, 0.15) is 11.1 Å². The van der Waals surface area contributed by atoms with Crippen LogP contribution in [-0.2, 0) is 0 Å². The summed E-state index contributed by atoms with van der Waals surface area (Å²) in [6, 6.07) is 96.9. The van der Waals surface area contributed by atoms with E-state index in [2.05, 4.69) is 276 Å². The van der Waals surface area contributed by atoms with Crippen molar-refractivity contribution in [2.45, 2.75) is 0 Å². The van der Waals surface area contributed by atoms with Crippen molar-refractivity contribution in [3.8, 4) is 68.0 Å². The third kappa shape index (κ3) is 6.62. The molecular weight excluding hydrogens is 1030 g/mol. The molecule has 17 aromatic rings. The Bertz CT molecular complexity index is 5380. The third-order valence-electron chi connectivity index (χ3n) is 17.0. The SMILES string of the molecule is N#Cc1c(-c2cccc3ccccc23)c(C#N)c(-n2c3cc(-c4ccccc4)ccc3c3ccc4c5ccccc5sc4c32)c(-c2cccc3ccccc23)c1-n1c2cc(-c3ccccc3)ccc2c2ccc3c4ccccc4sc3c21. The number of nitrogens with zero attached hydrogens (tertiary/aromatic N) is 4. The highest BCUT2D eigenvalue weighted by molar-refractivity contribution is 7.27. The highest BCUT2D eigenvalue weighted by Gasteiger charge is 2.34. The van der Waals surface area contributed by atoms with Gasteiger partial charge in [-0.3, -0.25) is 0 Å². The van der Waals surface area contributed by atoms with Crippen LogP contribution < -0.4 is 0 Å². The highest BCUT2D eigenvalue weighted by atomic mass is 32.1. The van der Waals surface area contributed by atoms with Gasteiger partial charge in [-0.1, -0.05) is 231 Å². The molecule has 13 aromatic carbocycles. The number of benzene rings is 13. The van der Waals surface area contributed by atoms with E-state index in [1.165, 1.54) is 20.2 Å². The topological polar surface area (TPSA) is 57.4 Å². The summed E-state index contributed by atoms with van der Waals surface area (Å²) in [5, 5.41) is 38.4. The van der Waals surface area contributed by atoms with Crippen LogP contribution in [0.3, 0.4) is 0 Å². The number of rotatable bonds is 6. The van der Waals surface area contributed by atoms with Gasteiger partial charge >= 0.3 is 0 Å². The lowest BCUT2D eigenvalue weighted by molar-refractivity contribution is 1.13. The summed E-state index contributed by atoms with van der Waals surface area (Å²) >= 11 is 3.58. The van der Waals surface area contributed by atoms with Crippen molar-refractivity contribution in [2.75, 3.05) is 0 Å². The predicted octanol–water partition coefficient (Wildman–Crippen LogP) is 21.3. The molecule has 378 valence electrons. The van der Waals surface area contributed by atoms with Gasteiger partial charge in [0.05, 0.1) is 54.0 Å². The lowest BCUT2D eigenvalue weighted by Gasteiger charge is -2.26. The van der Waals surface area contributed by atoms with Crippen LogP contribution in [0.5, 0.6) is 0 Å². The zero-order valence-corrected chi connectivity index (χ0v) is 45.5. The average molecular weight is 1080 g/mol. The van der Waals surface area contributed by atoms with E-state index in [1.807, 2.05) is 0 Å². The Balaban J connectivity index is 1.19. The molecule has 4 heterocycles. The van der Waals surface area contributed by atoms with Crippen LogP contribution in [0.4, 0.5) is 0 Å². The molecule has 0 fully saturated rings. The molecule has 82 heavy (non-hydrogen) atoms. The molecule has 0 spiro atoms. The van der Waals surface area contributed by atoms with E-state index in [0.717, 1.165) is 124 Å². The Hall–Kier alpha value is -10.6. The molecule has 0 aliphatic rings. The van der Waals surface area contributed by atoms with Crippen LogP contribution in [0.25, 0.3) is 161 Å². The molecule has 0 aliphatic heterocycles. The molecule has 0 saturated carbocycles. The van der Waals surface area contributed by atoms with Gasteiger partial charge in [0.15, 0.2) is 0 Å². The number of thiophene rings is 2. The Morgan fingerprint density at radius 2 is 0.671 bits per heavy atom. The minimum Gasteiger partial charge on any atom is -0.306 e. The molecule has 0 aliphatic carbocycles. The molecule has 0 unspecified atom stereocenters. The smallest absolute Gasteiger partial charge is 0.102 e. The Morgan fingerprint density at radius 3 is 1.13 bits per heavy atom. The molecule has 0 saturated heterocycles. The molecule has 0 N–H and O–H groups in total. The van der Waals surface area contributed by atoms with Crippen LogP contribution in [0.15, 0.2) is 255 Å². The summed E-state index contributed by atoms with van der Waals surface area (Å²) in [5.41, 5.74) is 13.6. The maximum absolute atomic E-state index is 12.7. The van der Waals surface area contributed by atoms with E-state index >= 15 is 0 Å². The zero-order valence-electron chi connectivity index (χ0n) is 43.9. The summed E-state index contributed by atoms with van der Waals surface area (Å²) in [6.07, 6.45) is 0. The van der Waals surface area contributed by atoms with E-state index in [-0.39, 0.29) is 0 Å². The van der Waals surface area contributed by atoms with Gasteiger partial charge in [-0.2, -0.15) is 10.5 Å². The van der Waals surface area contributed by atoms with E-state index in [0.29, 0.717) is 28.1 Å². The van der Waals surface area contributed by atoms with Crippen molar-refractivity contribution in [2.24, 2.45) is 0 Å². The number of aromatic nitrogens is 2. The van der Waals surface area contributed by atoms with Gasteiger partial charge in [0.25, 0.3) is 0 Å². The Labute approximate surface area is 478 Å². The van der Waals surface area contributed by atoms with Crippen molar-refractivity contribution in [3.05, 3.63) is 266 Å². The molecule has 4 nitrogen and oxygen atoms in total. The summed E-state index contributed by atoms with van der Waals surface area (Å²) in [5.74, 6) is 0. The Morgan fingerprint density at radius 1 is 0.293 bits per heavy atom. The maximum Gasteiger partial charge on any atom is 0.102 e. The van der Waals surface area contributed by atoms with E-state index in [1.54, 1.807) is 22.7 Å². The summed E-state index contributed by atoms with van der Waals surface area (Å²) in [6.45, 7) is 0. The summed E-state index contributed by atoms with van der Waals surface area (Å²) in [7, 11) is 0. The van der Waals surface area contributed by atoms with Gasteiger partial charge in [-0.05, 0) is 79.2 Å². The van der Waals surface area contributed by atoms with Crippen molar-refractivity contribution in [1.82, 2.24) is 9.13 Å². The fraction of sp³-hybridized carbons (Fsp3) is 0. The quantitative estimate of drug-likeness (QED) is 0.167. The zero-order chi connectivity index (χ0) is 54.2. The molecule has 0 atom stereocenters. The van der Waals surface area contributed by atoms with E-state index in [4.69, 9.17) is 0 Å². The molecule has 17 rings (SSSR count). The molecule has 6 heteroatoms. The molecule has 0 radical (unpaired) electrons. The van der Waals surface area contributed by atoms with Gasteiger partial charge in [0.2, 0.25) is 0 Å². The number of hydrogen-bond donors (Lipinski definition) is 0. The van der Waals surface area contributed by atoms with Crippen LogP contribution in [0, 0.1) is 22.7 Å². The number of hydrogen-bond acceptors (Lipinski definition) is 4. The minimum atomic E-state index is 0.416. The average Bonchev–Trinajstić information content (AvgIpc) is 3.99. The minimum absolute atomic E-state index is 0.416. The third-order valence-corrected chi connectivity index (χ3v) is 19.4. The molecule has 4 aromatic heterocycles. The van der Waals surface area contributed by atoms with Crippen molar-refractivity contribution in [1.29, 1.82) is 10.5 Å². The van der Waals surface area contributed by atoms with E-state index in [9.17, 15) is 10.5 Å². The standard InChI is InChI=1S/C76H42N4S2/c77-43-63-69(57-29-15-23-47-21-7-9-25-51(47)57)64(44-78)72(80-66-42-50(46-19-5-2-6-20-46)34-36-54(66)60-38-40-62-56-28-12-14-32-68(56)82-76(62)74(60)80)70(58-30-16-24-48-22-8-10-26-52(48)58)71(63)79-65-41-49(45-17-3-1-4-18-45)33-35-53(65)59-37-39-61-55-27-11-13-31-67(55)81-75(61)73(59)79/h1-42H. The first-order valence-corrected chi connectivity index (χ1v) is 29.2. The first-order chi connectivity index (χ1) is 40.6. The van der Waals surface area contributed by atoms with Crippen molar-refractivity contribution in [3.63, 3.8) is 0 Å². The van der Waals surface area contributed by atoms with Crippen LogP contribution in [0.2, 0.25) is 0 Å². The largest absolute Gasteiger partial charge is 0.306 e. The van der Waals surface area contributed by atoms with Crippen molar-refractivity contribution >= 4 is 128 Å². The fourth-order valence-electron chi connectivity index (χ4n) is 13.4. The number of fused-ring (bicyclic) bond motifs is 16. The first kappa shape index (κ1) is 46.3. The lowest BCUT2D eigenvalue weighted by Crippen LogP contribution is -2.11. The molecular formula is C76H42N4S2. The van der Waals surface area contributed by atoms with E-state index < -0.39 is 0 Å².